The summed E-state index contributed by atoms with van der Waals surface area (Å²) in [6, 6.07) is 0. The number of nitrogens with zero attached hydrogens (tertiary/aromatic N) is 5. The van der Waals surface area contributed by atoms with Crippen molar-refractivity contribution >= 4 is 38.2 Å². The Kier molecular flexibility index (Phi) is 4.86. The van der Waals surface area contributed by atoms with Crippen LogP contribution in [0.3, 0.4) is 0 Å². The first-order valence-electron chi connectivity index (χ1n) is 9.23. The van der Waals surface area contributed by atoms with Crippen molar-refractivity contribution < 1.29 is 0 Å². The number of rotatable bonds is 6. The molecule has 4 rings (SSSR count). The Morgan fingerprint density at radius 2 is 2.21 bits per heavy atom. The molecule has 0 aliphatic heterocycles. The van der Waals surface area contributed by atoms with Crippen LogP contribution in [0.15, 0.2) is 23.3 Å². The van der Waals surface area contributed by atoms with Crippen LogP contribution in [0, 0.1) is 6.92 Å². The van der Waals surface area contributed by atoms with Crippen LogP contribution in [0.2, 0.25) is 0 Å². The normalized spacial score (nSPS) is 12.5. The fraction of sp³-hybridized carbons (Fsp3) is 0.368. The molecule has 0 amide bonds. The fourth-order valence-electron chi connectivity index (χ4n) is 3.51. The molecule has 8 nitrogen and oxygen atoms in total. The number of hydrogen-bond donors (Lipinski definition) is 2. The number of aromatic nitrogens is 6. The minimum Gasteiger partial charge on any atom is -0.323 e. The summed E-state index contributed by atoms with van der Waals surface area (Å²) in [6.45, 7) is 5.17. The molecule has 0 saturated carbocycles. The molecule has 0 bridgehead atoms. The first-order chi connectivity index (χ1) is 13.5. The Labute approximate surface area is 165 Å². The van der Waals surface area contributed by atoms with Crippen molar-refractivity contribution in [1.29, 1.82) is 0 Å². The maximum atomic E-state index is 13.2. The van der Waals surface area contributed by atoms with E-state index in [-0.39, 0.29) is 5.56 Å². The van der Waals surface area contributed by atoms with E-state index >= 15 is 0 Å². The summed E-state index contributed by atoms with van der Waals surface area (Å²) in [4.78, 5) is 17.9. The predicted octanol–water partition coefficient (Wildman–Crippen LogP) is 2.59. The molecule has 0 aromatic carbocycles. The quantitative estimate of drug-likeness (QED) is 0.522. The van der Waals surface area contributed by atoms with E-state index in [1.165, 1.54) is 4.68 Å². The van der Waals surface area contributed by atoms with E-state index in [0.717, 1.165) is 44.0 Å². The van der Waals surface area contributed by atoms with Gasteiger partial charge in [-0.1, -0.05) is 13.0 Å². The molecule has 0 atom stereocenters. The van der Waals surface area contributed by atoms with Gasteiger partial charge in [0.15, 0.2) is 5.65 Å². The van der Waals surface area contributed by atoms with Gasteiger partial charge in [-0.25, -0.2) is 9.67 Å². The zero-order valence-electron chi connectivity index (χ0n) is 16.4. The van der Waals surface area contributed by atoms with E-state index in [9.17, 15) is 4.79 Å². The molecule has 146 valence electrons. The lowest BCUT2D eigenvalue weighted by Gasteiger charge is -2.09. The SMILES string of the molecule is CC/C=C(/Cn1ncc2c3sc(CNC)nc3n(C)c2c1=O)c1cn[nH]c1C. The Hall–Kier alpha value is -2.78. The highest BCUT2D eigenvalue weighted by atomic mass is 32.1. The molecule has 4 aromatic heterocycles. The van der Waals surface area contributed by atoms with Gasteiger partial charge in [0.05, 0.1) is 23.6 Å². The third-order valence-electron chi connectivity index (χ3n) is 4.84. The van der Waals surface area contributed by atoms with E-state index < -0.39 is 0 Å². The van der Waals surface area contributed by atoms with Gasteiger partial charge < -0.3 is 9.88 Å². The number of thiazole rings is 1. The van der Waals surface area contributed by atoms with Gasteiger partial charge in [-0.3, -0.25) is 9.89 Å². The van der Waals surface area contributed by atoms with Crippen molar-refractivity contribution in [1.82, 2.24) is 34.8 Å². The number of nitrogens with one attached hydrogen (secondary N) is 2. The van der Waals surface area contributed by atoms with Gasteiger partial charge in [0.1, 0.15) is 10.5 Å². The first kappa shape index (κ1) is 18.6. The molecular weight excluding hydrogens is 374 g/mol. The maximum absolute atomic E-state index is 13.2. The second-order valence-corrected chi connectivity index (χ2v) is 7.85. The molecule has 0 unspecified atom stereocenters. The molecule has 2 N–H and O–H groups in total. The Morgan fingerprint density at radius 3 is 2.89 bits per heavy atom. The van der Waals surface area contributed by atoms with E-state index in [1.54, 1.807) is 23.7 Å². The standard InChI is InChI=1S/C19H23N7OS/c1-5-6-12(13-7-21-24-11(13)2)10-26-19(27)16-14(8-22-26)17-18(25(16)4)23-15(28-17)9-20-3/h6-8,20H,5,9-10H2,1-4H3,(H,21,24)/b12-6-. The van der Waals surface area contributed by atoms with Gasteiger partial charge in [-0.05, 0) is 26.0 Å². The Balaban J connectivity index is 1.82. The fourth-order valence-corrected chi connectivity index (χ4v) is 4.63. The molecule has 0 spiro atoms. The van der Waals surface area contributed by atoms with Gasteiger partial charge >= 0.3 is 0 Å². The Morgan fingerprint density at radius 1 is 1.39 bits per heavy atom. The van der Waals surface area contributed by atoms with Gasteiger partial charge in [0, 0.05) is 30.2 Å². The summed E-state index contributed by atoms with van der Waals surface area (Å²) >= 11 is 1.60. The van der Waals surface area contributed by atoms with Crippen LogP contribution >= 0.6 is 11.3 Å². The van der Waals surface area contributed by atoms with Crippen molar-refractivity contribution in [3.8, 4) is 0 Å². The smallest absolute Gasteiger partial charge is 0.291 e. The second-order valence-electron chi connectivity index (χ2n) is 6.77. The molecule has 0 aliphatic carbocycles. The molecule has 4 aromatic rings. The molecular formula is C19H23N7OS. The average molecular weight is 398 g/mol. The lowest BCUT2D eigenvalue weighted by molar-refractivity contribution is 0.664. The summed E-state index contributed by atoms with van der Waals surface area (Å²) in [5.74, 6) is 0. The molecule has 0 fully saturated rings. The average Bonchev–Trinajstić information content (AvgIpc) is 3.34. The van der Waals surface area contributed by atoms with Crippen molar-refractivity contribution in [3.05, 3.63) is 45.1 Å². The maximum Gasteiger partial charge on any atom is 0.291 e. The van der Waals surface area contributed by atoms with Crippen molar-refractivity contribution in [2.75, 3.05) is 7.05 Å². The lowest BCUT2D eigenvalue weighted by atomic mass is 10.1. The highest BCUT2D eigenvalue weighted by Crippen LogP contribution is 2.30. The molecule has 0 saturated heterocycles. The lowest BCUT2D eigenvalue weighted by Crippen LogP contribution is -2.24. The van der Waals surface area contributed by atoms with Crippen LogP contribution in [-0.4, -0.2) is 36.6 Å². The van der Waals surface area contributed by atoms with Crippen LogP contribution in [0.4, 0.5) is 0 Å². The third-order valence-corrected chi connectivity index (χ3v) is 5.92. The predicted molar refractivity (Wildman–Crippen MR) is 113 cm³/mol. The van der Waals surface area contributed by atoms with Crippen molar-refractivity contribution in [2.45, 2.75) is 33.4 Å². The van der Waals surface area contributed by atoms with E-state index in [0.29, 0.717) is 18.6 Å². The Bertz CT molecular complexity index is 1240. The molecule has 28 heavy (non-hydrogen) atoms. The number of H-pyrrole nitrogens is 1. The first-order valence-corrected chi connectivity index (χ1v) is 10.0. The topological polar surface area (TPSA) is 93.4 Å². The van der Waals surface area contributed by atoms with Crippen LogP contribution in [0.1, 0.15) is 29.6 Å². The minimum atomic E-state index is -0.108. The largest absolute Gasteiger partial charge is 0.323 e. The molecule has 0 aliphatic rings. The number of aromatic amines is 1. The highest BCUT2D eigenvalue weighted by molar-refractivity contribution is 7.19. The zero-order chi connectivity index (χ0) is 19.8. The van der Waals surface area contributed by atoms with E-state index in [2.05, 4.69) is 38.6 Å². The van der Waals surface area contributed by atoms with E-state index in [1.807, 2.05) is 25.6 Å². The van der Waals surface area contributed by atoms with Gasteiger partial charge in [-0.2, -0.15) is 10.2 Å². The zero-order valence-corrected chi connectivity index (χ0v) is 17.2. The molecule has 9 heteroatoms. The second kappa shape index (κ2) is 7.33. The molecule has 0 radical (unpaired) electrons. The molecule has 4 heterocycles. The van der Waals surface area contributed by atoms with Gasteiger partial charge in [0.2, 0.25) is 0 Å². The number of allylic oxidation sites excluding steroid dienone is 2. The van der Waals surface area contributed by atoms with Gasteiger partial charge in [0.25, 0.3) is 5.56 Å². The number of fused-ring (bicyclic) bond motifs is 3. The monoisotopic (exact) mass is 397 g/mol. The number of aryl methyl sites for hydroxylation is 2. The van der Waals surface area contributed by atoms with Crippen LogP contribution in [-0.2, 0) is 20.1 Å². The summed E-state index contributed by atoms with van der Waals surface area (Å²) in [6.07, 6.45) is 6.57. The highest BCUT2D eigenvalue weighted by Gasteiger charge is 2.19. The van der Waals surface area contributed by atoms with Crippen LogP contribution < -0.4 is 10.9 Å². The van der Waals surface area contributed by atoms with Crippen LogP contribution in [0.25, 0.3) is 26.8 Å². The summed E-state index contributed by atoms with van der Waals surface area (Å²) < 4.78 is 4.41. The van der Waals surface area contributed by atoms with Crippen molar-refractivity contribution in [3.63, 3.8) is 0 Å². The summed E-state index contributed by atoms with van der Waals surface area (Å²) in [5, 5.41) is 16.5. The van der Waals surface area contributed by atoms with Crippen LogP contribution in [0.5, 0.6) is 0 Å². The summed E-state index contributed by atoms with van der Waals surface area (Å²) in [5.41, 5.74) is 4.39. The summed E-state index contributed by atoms with van der Waals surface area (Å²) in [7, 11) is 3.79. The number of hydrogen-bond acceptors (Lipinski definition) is 6. The third kappa shape index (κ3) is 2.96. The van der Waals surface area contributed by atoms with E-state index in [4.69, 9.17) is 0 Å². The van der Waals surface area contributed by atoms with Gasteiger partial charge in [-0.15, -0.1) is 11.3 Å². The minimum absolute atomic E-state index is 0.108. The van der Waals surface area contributed by atoms with Crippen molar-refractivity contribution in [2.24, 2.45) is 7.05 Å².